The number of hydrogen-bond donors (Lipinski definition) is 10. The van der Waals surface area contributed by atoms with Gasteiger partial charge in [-0.15, -0.1) is 0 Å². The summed E-state index contributed by atoms with van der Waals surface area (Å²) in [6.45, 7) is 2.35. The van der Waals surface area contributed by atoms with E-state index in [9.17, 15) is 60.3 Å². The number of rotatable bonds is 7. The highest BCUT2D eigenvalue weighted by atomic mass is 16.7. The maximum atomic E-state index is 12.0. The van der Waals surface area contributed by atoms with Gasteiger partial charge in [-0.2, -0.15) is 0 Å². The zero-order chi connectivity index (χ0) is 28.6. The third-order valence-electron chi connectivity index (χ3n) is 6.39. The van der Waals surface area contributed by atoms with Crippen LogP contribution < -0.4 is 5.32 Å². The third-order valence-corrected chi connectivity index (χ3v) is 6.39. The van der Waals surface area contributed by atoms with Crippen LogP contribution in [-0.2, 0) is 38.1 Å². The number of carboxylic acid groups (broad SMARTS) is 2. The van der Waals surface area contributed by atoms with Crippen molar-refractivity contribution in [2.45, 2.75) is 106 Å². The Kier molecular flexibility index (Phi) is 9.61. The average Bonchev–Trinajstić information content (AvgIpc) is 2.83. The predicted molar refractivity (Wildman–Crippen MR) is 113 cm³/mol. The van der Waals surface area contributed by atoms with Crippen LogP contribution in [0.15, 0.2) is 0 Å². The van der Waals surface area contributed by atoms with Crippen molar-refractivity contribution in [2.75, 3.05) is 0 Å². The summed E-state index contributed by atoms with van der Waals surface area (Å²) >= 11 is 0. The average molecular weight is 557 g/mol. The maximum absolute atomic E-state index is 12.0. The molecule has 3 heterocycles. The smallest absolute Gasteiger partial charge is 0.335 e. The highest BCUT2D eigenvalue weighted by Gasteiger charge is 2.55. The Balaban J connectivity index is 1.91. The molecule has 38 heavy (non-hydrogen) atoms. The Labute approximate surface area is 213 Å². The molecular weight excluding hydrogens is 526 g/mol. The molecular formula is C20H31NO17. The molecule has 3 aliphatic rings. The molecule has 15 atom stereocenters. The van der Waals surface area contributed by atoms with Gasteiger partial charge in [0, 0.05) is 6.92 Å². The SMILES string of the molecule is CC(=O)NC1C(OC2C(C(=O)O)OC(O)C(O)C2O)OC(C)C(O)C1OC1OC(C(=O)O)C(O)C(O)C1O. The Morgan fingerprint density at radius 1 is 0.658 bits per heavy atom. The van der Waals surface area contributed by atoms with Crippen molar-refractivity contribution in [3.05, 3.63) is 0 Å². The van der Waals surface area contributed by atoms with Gasteiger partial charge in [-0.25, -0.2) is 9.59 Å². The predicted octanol–water partition coefficient (Wildman–Crippen LogP) is -6.22. The molecule has 0 aromatic carbocycles. The number of nitrogens with one attached hydrogen (secondary N) is 1. The molecule has 3 fully saturated rings. The summed E-state index contributed by atoms with van der Waals surface area (Å²) < 4.78 is 26.6. The molecule has 3 rings (SSSR count). The molecule has 18 heteroatoms. The molecule has 18 nitrogen and oxygen atoms in total. The van der Waals surface area contributed by atoms with Gasteiger partial charge in [0.1, 0.15) is 54.9 Å². The second-order valence-electron chi connectivity index (χ2n) is 9.13. The lowest BCUT2D eigenvalue weighted by Gasteiger charge is -2.48. The number of carboxylic acids is 2. The summed E-state index contributed by atoms with van der Waals surface area (Å²) in [5, 5.41) is 92.1. The van der Waals surface area contributed by atoms with Crippen LogP contribution in [0.1, 0.15) is 13.8 Å². The van der Waals surface area contributed by atoms with Crippen LogP contribution in [0.3, 0.4) is 0 Å². The van der Waals surface area contributed by atoms with Gasteiger partial charge in [-0.05, 0) is 6.92 Å². The fourth-order valence-corrected chi connectivity index (χ4v) is 4.35. The Bertz CT molecular complexity index is 874. The van der Waals surface area contributed by atoms with Gasteiger partial charge in [-0.3, -0.25) is 4.79 Å². The van der Waals surface area contributed by atoms with Crippen LogP contribution in [0.2, 0.25) is 0 Å². The van der Waals surface area contributed by atoms with Crippen molar-refractivity contribution in [1.82, 2.24) is 5.32 Å². The lowest BCUT2D eigenvalue weighted by Crippen LogP contribution is -2.69. The molecule has 1 amide bonds. The molecule has 3 aliphatic heterocycles. The van der Waals surface area contributed by atoms with Crippen molar-refractivity contribution in [3.8, 4) is 0 Å². The Morgan fingerprint density at radius 2 is 1.24 bits per heavy atom. The first-order valence-electron chi connectivity index (χ1n) is 11.4. The largest absolute Gasteiger partial charge is 0.479 e. The van der Waals surface area contributed by atoms with E-state index in [1.807, 2.05) is 0 Å². The number of aliphatic hydroxyl groups is 7. The summed E-state index contributed by atoms with van der Waals surface area (Å²) in [7, 11) is 0. The van der Waals surface area contributed by atoms with E-state index in [1.54, 1.807) is 0 Å². The van der Waals surface area contributed by atoms with Gasteiger partial charge in [0.25, 0.3) is 0 Å². The minimum absolute atomic E-state index is 0.753. The standard InChI is InChI=1S/C20H31NO17/c1-3-6(23)12(36-20-11(28)7(24)8(25)14(38-20)16(29)30)5(21-4(2)22)19(34-3)37-13-9(26)10(27)18(33)35-15(13)17(31)32/h3,5-15,18-20,23-28,33H,1-2H3,(H,21,22)(H,29,30)(H,31,32). The molecule has 15 unspecified atom stereocenters. The van der Waals surface area contributed by atoms with Crippen LogP contribution in [0.25, 0.3) is 0 Å². The second kappa shape index (κ2) is 12.0. The van der Waals surface area contributed by atoms with E-state index < -0.39 is 110 Å². The molecule has 10 N–H and O–H groups in total. The summed E-state index contributed by atoms with van der Waals surface area (Å²) in [5.74, 6) is -4.15. The van der Waals surface area contributed by atoms with Gasteiger partial charge < -0.3 is 75.0 Å². The first kappa shape index (κ1) is 30.5. The molecule has 0 spiro atoms. The number of carbonyl (C=O) groups excluding carboxylic acids is 1. The van der Waals surface area contributed by atoms with Crippen molar-refractivity contribution in [3.63, 3.8) is 0 Å². The lowest BCUT2D eigenvalue weighted by atomic mass is 9.94. The molecule has 0 saturated carbocycles. The van der Waals surface area contributed by atoms with E-state index in [0.29, 0.717) is 0 Å². The summed E-state index contributed by atoms with van der Waals surface area (Å²) in [5.41, 5.74) is 0. The van der Waals surface area contributed by atoms with E-state index in [1.165, 1.54) is 6.92 Å². The van der Waals surface area contributed by atoms with Gasteiger partial charge in [0.2, 0.25) is 5.91 Å². The second-order valence-corrected chi connectivity index (χ2v) is 9.13. The summed E-state index contributed by atoms with van der Waals surface area (Å²) in [4.78, 5) is 35.1. The lowest BCUT2D eigenvalue weighted by molar-refractivity contribution is -0.355. The van der Waals surface area contributed by atoms with Gasteiger partial charge >= 0.3 is 11.9 Å². The molecule has 0 aromatic rings. The van der Waals surface area contributed by atoms with Crippen LogP contribution >= 0.6 is 0 Å². The zero-order valence-corrected chi connectivity index (χ0v) is 20.0. The number of ether oxygens (including phenoxy) is 5. The van der Waals surface area contributed by atoms with E-state index >= 15 is 0 Å². The molecule has 0 radical (unpaired) electrons. The van der Waals surface area contributed by atoms with Gasteiger partial charge in [0.15, 0.2) is 31.1 Å². The first-order chi connectivity index (χ1) is 17.6. The van der Waals surface area contributed by atoms with Crippen molar-refractivity contribution in [1.29, 1.82) is 0 Å². The highest BCUT2D eigenvalue weighted by molar-refractivity contribution is 5.74. The normalized spacial score (nSPS) is 47.8. The molecule has 218 valence electrons. The van der Waals surface area contributed by atoms with E-state index in [0.717, 1.165) is 6.92 Å². The minimum atomic E-state index is -2.07. The number of aliphatic carboxylic acids is 2. The number of carbonyl (C=O) groups is 3. The summed E-state index contributed by atoms with van der Waals surface area (Å²) in [6.07, 6.45) is -26.4. The van der Waals surface area contributed by atoms with Crippen molar-refractivity contribution in [2.24, 2.45) is 0 Å². The fourth-order valence-electron chi connectivity index (χ4n) is 4.35. The van der Waals surface area contributed by atoms with Crippen LogP contribution in [0.5, 0.6) is 0 Å². The van der Waals surface area contributed by atoms with Crippen LogP contribution in [-0.4, -0.2) is 156 Å². The molecule has 0 bridgehead atoms. The quantitative estimate of drug-likeness (QED) is 0.139. The van der Waals surface area contributed by atoms with Crippen molar-refractivity contribution >= 4 is 17.8 Å². The molecule has 0 aliphatic carbocycles. The maximum Gasteiger partial charge on any atom is 0.335 e. The zero-order valence-electron chi connectivity index (χ0n) is 20.0. The fraction of sp³-hybridized carbons (Fsp3) is 0.850. The van der Waals surface area contributed by atoms with Crippen molar-refractivity contribution < 1.29 is 84.0 Å². The minimum Gasteiger partial charge on any atom is -0.479 e. The van der Waals surface area contributed by atoms with Gasteiger partial charge in [-0.1, -0.05) is 0 Å². The first-order valence-corrected chi connectivity index (χ1v) is 11.4. The number of hydrogen-bond acceptors (Lipinski definition) is 15. The third kappa shape index (κ3) is 6.06. The monoisotopic (exact) mass is 557 g/mol. The Hall–Kier alpha value is -2.07. The van der Waals surface area contributed by atoms with E-state index in [4.69, 9.17) is 23.7 Å². The molecule has 0 aromatic heterocycles. The van der Waals surface area contributed by atoms with Crippen LogP contribution in [0.4, 0.5) is 0 Å². The van der Waals surface area contributed by atoms with Crippen LogP contribution in [0, 0.1) is 0 Å². The Morgan fingerprint density at radius 3 is 1.79 bits per heavy atom. The number of amides is 1. The van der Waals surface area contributed by atoms with Gasteiger partial charge in [0.05, 0.1) is 6.10 Å². The van der Waals surface area contributed by atoms with E-state index in [-0.39, 0.29) is 0 Å². The summed E-state index contributed by atoms with van der Waals surface area (Å²) in [6, 6.07) is -1.56. The number of aliphatic hydroxyl groups excluding tert-OH is 7. The van der Waals surface area contributed by atoms with E-state index in [2.05, 4.69) is 5.32 Å². The molecule has 3 saturated heterocycles. The topological polar surface area (TPSA) is 291 Å². The highest BCUT2D eigenvalue weighted by Crippen LogP contribution is 2.32.